The molecule has 1 heterocycles. The summed E-state index contributed by atoms with van der Waals surface area (Å²) in [5.41, 5.74) is 0.614. The summed E-state index contributed by atoms with van der Waals surface area (Å²) >= 11 is 0. The summed E-state index contributed by atoms with van der Waals surface area (Å²) in [7, 11) is 0. The molecule has 0 aromatic heterocycles. The second-order valence-electron chi connectivity index (χ2n) is 5.71. The van der Waals surface area contributed by atoms with Gasteiger partial charge in [0.2, 0.25) is 0 Å². The molecule has 0 spiro atoms. The first-order chi connectivity index (χ1) is 6.46. The maximum absolute atomic E-state index is 11.5. The van der Waals surface area contributed by atoms with Crippen LogP contribution >= 0.6 is 0 Å². The molecule has 1 saturated heterocycles. The zero-order chi connectivity index (χ0) is 10.1. The van der Waals surface area contributed by atoms with Gasteiger partial charge in [0, 0.05) is 0 Å². The smallest absolute Gasteiger partial charge is 0.318 e. The van der Waals surface area contributed by atoms with Crippen LogP contribution in [0.2, 0.25) is 0 Å². The molecule has 4 aliphatic rings. The standard InChI is InChI=1S/C11H14O3/c1-6-7(9(13)14-8(6)12)11-3-10(2,4-11)5-11/h6-7H,3-5H2,1-2H3. The van der Waals surface area contributed by atoms with E-state index in [4.69, 9.17) is 0 Å². The minimum Gasteiger partial charge on any atom is -0.393 e. The van der Waals surface area contributed by atoms with Crippen LogP contribution in [0.3, 0.4) is 0 Å². The Morgan fingerprint density at radius 3 is 2.14 bits per heavy atom. The molecule has 3 aliphatic carbocycles. The molecule has 4 rings (SSSR count). The minimum atomic E-state index is -0.324. The fraction of sp³-hybridized carbons (Fsp3) is 0.818. The maximum atomic E-state index is 11.5. The molecular weight excluding hydrogens is 180 g/mol. The molecule has 0 aromatic rings. The van der Waals surface area contributed by atoms with E-state index >= 15 is 0 Å². The van der Waals surface area contributed by atoms with E-state index in [1.807, 2.05) is 6.92 Å². The van der Waals surface area contributed by atoms with E-state index in [9.17, 15) is 9.59 Å². The first-order valence-corrected chi connectivity index (χ1v) is 5.21. The number of hydrogen-bond donors (Lipinski definition) is 0. The summed E-state index contributed by atoms with van der Waals surface area (Å²) in [6.07, 6.45) is 3.33. The van der Waals surface area contributed by atoms with Gasteiger partial charge in [-0.05, 0) is 30.1 Å². The molecule has 2 atom stereocenters. The van der Waals surface area contributed by atoms with Crippen LogP contribution in [0.5, 0.6) is 0 Å². The third-order valence-electron chi connectivity index (χ3n) is 4.32. The summed E-state index contributed by atoms with van der Waals surface area (Å²) in [6, 6.07) is 0. The predicted octanol–water partition coefficient (Wildman–Crippen LogP) is 1.51. The van der Waals surface area contributed by atoms with E-state index in [1.165, 1.54) is 0 Å². The molecule has 1 aliphatic heterocycles. The number of ether oxygens (including phenoxy) is 1. The summed E-state index contributed by atoms with van der Waals surface area (Å²) < 4.78 is 4.69. The molecule has 4 fully saturated rings. The van der Waals surface area contributed by atoms with E-state index in [2.05, 4.69) is 11.7 Å². The highest BCUT2D eigenvalue weighted by Crippen LogP contribution is 2.77. The molecular formula is C11H14O3. The third kappa shape index (κ3) is 0.748. The molecule has 3 nitrogen and oxygen atoms in total. The third-order valence-corrected chi connectivity index (χ3v) is 4.32. The van der Waals surface area contributed by atoms with Gasteiger partial charge in [-0.3, -0.25) is 9.59 Å². The lowest BCUT2D eigenvalue weighted by Gasteiger charge is -2.71. The average Bonchev–Trinajstić information content (AvgIpc) is 2.20. The predicted molar refractivity (Wildman–Crippen MR) is 48.1 cm³/mol. The summed E-state index contributed by atoms with van der Waals surface area (Å²) in [6.45, 7) is 4.07. The van der Waals surface area contributed by atoms with Crippen LogP contribution < -0.4 is 0 Å². The quantitative estimate of drug-likeness (QED) is 0.469. The molecule has 76 valence electrons. The fourth-order valence-corrected chi connectivity index (χ4v) is 4.10. The van der Waals surface area contributed by atoms with E-state index in [0.29, 0.717) is 5.41 Å². The van der Waals surface area contributed by atoms with E-state index in [0.717, 1.165) is 19.3 Å². The Morgan fingerprint density at radius 1 is 1.21 bits per heavy atom. The van der Waals surface area contributed by atoms with Gasteiger partial charge in [0.05, 0.1) is 11.8 Å². The second kappa shape index (κ2) is 2.05. The van der Waals surface area contributed by atoms with Gasteiger partial charge in [0.15, 0.2) is 0 Å². The van der Waals surface area contributed by atoms with Crippen molar-refractivity contribution in [2.24, 2.45) is 22.7 Å². The molecule has 0 aromatic carbocycles. The van der Waals surface area contributed by atoms with Crippen molar-refractivity contribution in [2.45, 2.75) is 33.1 Å². The van der Waals surface area contributed by atoms with Crippen molar-refractivity contribution in [3.63, 3.8) is 0 Å². The molecule has 0 radical (unpaired) electrons. The van der Waals surface area contributed by atoms with Gasteiger partial charge in [0.1, 0.15) is 0 Å². The fourth-order valence-electron chi connectivity index (χ4n) is 4.10. The Hall–Kier alpha value is -0.860. The lowest BCUT2D eigenvalue weighted by Crippen LogP contribution is -2.65. The van der Waals surface area contributed by atoms with Gasteiger partial charge in [-0.25, -0.2) is 0 Å². The van der Waals surface area contributed by atoms with Crippen LogP contribution in [0.25, 0.3) is 0 Å². The second-order valence-corrected chi connectivity index (χ2v) is 5.71. The molecule has 0 amide bonds. The number of hydrogen-bond acceptors (Lipinski definition) is 3. The van der Waals surface area contributed by atoms with Crippen molar-refractivity contribution in [3.8, 4) is 0 Å². The summed E-state index contributed by atoms with van der Waals surface area (Å²) in [4.78, 5) is 22.8. The van der Waals surface area contributed by atoms with Crippen LogP contribution in [-0.2, 0) is 14.3 Å². The molecule has 2 unspecified atom stereocenters. The summed E-state index contributed by atoms with van der Waals surface area (Å²) in [5, 5.41) is 0. The Bertz CT molecular complexity index is 325. The molecule has 3 heteroatoms. The van der Waals surface area contributed by atoms with Gasteiger partial charge in [0.25, 0.3) is 0 Å². The van der Waals surface area contributed by atoms with Crippen LogP contribution in [0, 0.1) is 22.7 Å². The van der Waals surface area contributed by atoms with Gasteiger partial charge in [-0.2, -0.15) is 0 Å². The molecule has 3 saturated carbocycles. The molecule has 2 bridgehead atoms. The number of carbonyl (C=O) groups excluding carboxylic acids is 2. The number of rotatable bonds is 1. The van der Waals surface area contributed by atoms with Crippen LogP contribution in [-0.4, -0.2) is 11.9 Å². The highest BCUT2D eigenvalue weighted by Gasteiger charge is 2.72. The van der Waals surface area contributed by atoms with Crippen LogP contribution in [0.4, 0.5) is 0 Å². The van der Waals surface area contributed by atoms with Crippen LogP contribution in [0.15, 0.2) is 0 Å². The van der Waals surface area contributed by atoms with Crippen LogP contribution in [0.1, 0.15) is 33.1 Å². The largest absolute Gasteiger partial charge is 0.393 e. The highest BCUT2D eigenvalue weighted by molar-refractivity contribution is 5.97. The van der Waals surface area contributed by atoms with E-state index in [1.54, 1.807) is 0 Å². The van der Waals surface area contributed by atoms with Crippen molar-refractivity contribution in [1.82, 2.24) is 0 Å². The Balaban J connectivity index is 1.86. The van der Waals surface area contributed by atoms with E-state index < -0.39 is 0 Å². The zero-order valence-corrected chi connectivity index (χ0v) is 8.50. The monoisotopic (exact) mass is 194 g/mol. The SMILES string of the molecule is CC1C(=O)OC(=O)C1C12CC(C)(C1)C2. The summed E-state index contributed by atoms with van der Waals surface area (Å²) in [5.74, 6) is -0.955. The van der Waals surface area contributed by atoms with Gasteiger partial charge >= 0.3 is 11.9 Å². The lowest BCUT2D eigenvalue weighted by atomic mass is 9.32. The van der Waals surface area contributed by atoms with Crippen molar-refractivity contribution in [2.75, 3.05) is 0 Å². The minimum absolute atomic E-state index is 0.136. The Labute approximate surface area is 82.8 Å². The normalized spacial score (nSPS) is 55.0. The number of cyclic esters (lactones) is 2. The highest BCUT2D eigenvalue weighted by atomic mass is 16.6. The zero-order valence-electron chi connectivity index (χ0n) is 8.50. The van der Waals surface area contributed by atoms with E-state index in [-0.39, 0.29) is 29.2 Å². The van der Waals surface area contributed by atoms with Gasteiger partial charge in [-0.15, -0.1) is 0 Å². The lowest BCUT2D eigenvalue weighted by molar-refractivity contribution is -0.228. The number of carbonyl (C=O) groups is 2. The van der Waals surface area contributed by atoms with Crippen molar-refractivity contribution >= 4 is 11.9 Å². The number of esters is 2. The van der Waals surface area contributed by atoms with Gasteiger partial charge < -0.3 is 4.74 Å². The first-order valence-electron chi connectivity index (χ1n) is 5.21. The van der Waals surface area contributed by atoms with Crippen molar-refractivity contribution in [3.05, 3.63) is 0 Å². The topological polar surface area (TPSA) is 43.4 Å². The Morgan fingerprint density at radius 2 is 1.79 bits per heavy atom. The average molecular weight is 194 g/mol. The van der Waals surface area contributed by atoms with Gasteiger partial charge in [-0.1, -0.05) is 13.8 Å². The maximum Gasteiger partial charge on any atom is 0.318 e. The van der Waals surface area contributed by atoms with Crippen molar-refractivity contribution < 1.29 is 14.3 Å². The molecule has 14 heavy (non-hydrogen) atoms. The Kier molecular flexibility index (Phi) is 1.23. The molecule has 0 N–H and O–H groups in total. The first kappa shape index (κ1) is 8.45. The van der Waals surface area contributed by atoms with Crippen molar-refractivity contribution in [1.29, 1.82) is 0 Å².